The summed E-state index contributed by atoms with van der Waals surface area (Å²) in [5.74, 6) is -0.314. The standard InChI is InChI=1S/C14H15NO2/c1-10-8-9-15(11(10)2)13-7-5-4-6-12(13)14(16)17-3/h4-9H,1-3H3. The highest BCUT2D eigenvalue weighted by molar-refractivity contribution is 5.93. The number of aryl methyl sites for hydroxylation is 1. The molecule has 2 aromatic rings. The van der Waals surface area contributed by atoms with Crippen molar-refractivity contribution in [1.82, 2.24) is 4.57 Å². The van der Waals surface area contributed by atoms with E-state index in [4.69, 9.17) is 4.74 Å². The summed E-state index contributed by atoms with van der Waals surface area (Å²) in [6.45, 7) is 4.08. The highest BCUT2D eigenvalue weighted by atomic mass is 16.5. The van der Waals surface area contributed by atoms with Crippen LogP contribution in [0.15, 0.2) is 36.5 Å². The van der Waals surface area contributed by atoms with Gasteiger partial charge in [0.15, 0.2) is 0 Å². The predicted molar refractivity (Wildman–Crippen MR) is 66.6 cm³/mol. The lowest BCUT2D eigenvalue weighted by atomic mass is 10.1. The number of rotatable bonds is 2. The van der Waals surface area contributed by atoms with Gasteiger partial charge in [-0.05, 0) is 37.6 Å². The second kappa shape index (κ2) is 4.45. The summed E-state index contributed by atoms with van der Waals surface area (Å²) in [5, 5.41) is 0. The van der Waals surface area contributed by atoms with Crippen LogP contribution in [0.4, 0.5) is 0 Å². The van der Waals surface area contributed by atoms with Crippen molar-refractivity contribution in [2.45, 2.75) is 13.8 Å². The normalized spacial score (nSPS) is 10.3. The van der Waals surface area contributed by atoms with Crippen molar-refractivity contribution >= 4 is 5.97 Å². The maximum Gasteiger partial charge on any atom is 0.339 e. The summed E-state index contributed by atoms with van der Waals surface area (Å²) in [5.41, 5.74) is 3.75. The maximum absolute atomic E-state index is 11.7. The molecule has 1 heterocycles. The third kappa shape index (κ3) is 1.96. The van der Waals surface area contributed by atoms with Gasteiger partial charge in [0, 0.05) is 11.9 Å². The minimum atomic E-state index is -0.314. The largest absolute Gasteiger partial charge is 0.465 e. The summed E-state index contributed by atoms with van der Waals surface area (Å²) in [6.07, 6.45) is 1.96. The number of nitrogens with zero attached hydrogens (tertiary/aromatic N) is 1. The summed E-state index contributed by atoms with van der Waals surface area (Å²) < 4.78 is 6.79. The van der Waals surface area contributed by atoms with Crippen molar-refractivity contribution in [3.63, 3.8) is 0 Å². The lowest BCUT2D eigenvalue weighted by Gasteiger charge is -2.11. The molecule has 0 saturated carbocycles. The summed E-state index contributed by atoms with van der Waals surface area (Å²) in [6, 6.07) is 9.47. The zero-order valence-electron chi connectivity index (χ0n) is 10.2. The third-order valence-corrected chi connectivity index (χ3v) is 2.97. The van der Waals surface area contributed by atoms with Gasteiger partial charge >= 0.3 is 5.97 Å². The molecule has 17 heavy (non-hydrogen) atoms. The molecule has 0 bridgehead atoms. The van der Waals surface area contributed by atoms with Gasteiger partial charge in [-0.1, -0.05) is 12.1 Å². The van der Waals surface area contributed by atoms with Crippen LogP contribution in [0.25, 0.3) is 5.69 Å². The number of benzene rings is 1. The third-order valence-electron chi connectivity index (χ3n) is 2.97. The number of carbonyl (C=O) groups excluding carboxylic acids is 1. The van der Waals surface area contributed by atoms with Gasteiger partial charge < -0.3 is 9.30 Å². The van der Waals surface area contributed by atoms with E-state index in [-0.39, 0.29) is 5.97 Å². The molecular weight excluding hydrogens is 214 g/mol. The molecule has 0 amide bonds. The number of aromatic nitrogens is 1. The summed E-state index contributed by atoms with van der Waals surface area (Å²) in [4.78, 5) is 11.7. The Labute approximate surface area is 101 Å². The van der Waals surface area contributed by atoms with Crippen LogP contribution in [0.2, 0.25) is 0 Å². The average molecular weight is 229 g/mol. The van der Waals surface area contributed by atoms with Crippen LogP contribution < -0.4 is 0 Å². The molecule has 0 aliphatic rings. The number of methoxy groups -OCH3 is 1. The Morgan fingerprint density at radius 1 is 1.18 bits per heavy atom. The molecule has 88 valence electrons. The molecule has 0 fully saturated rings. The van der Waals surface area contributed by atoms with Crippen LogP contribution in [0.3, 0.4) is 0 Å². The molecule has 0 atom stereocenters. The molecule has 3 nitrogen and oxygen atoms in total. The zero-order chi connectivity index (χ0) is 12.4. The highest BCUT2D eigenvalue weighted by Gasteiger charge is 2.13. The second-order valence-electron chi connectivity index (χ2n) is 3.96. The molecule has 0 spiro atoms. The van der Waals surface area contributed by atoms with Crippen LogP contribution in [0.5, 0.6) is 0 Å². The molecule has 0 saturated heterocycles. The van der Waals surface area contributed by atoms with E-state index in [2.05, 4.69) is 0 Å². The average Bonchev–Trinajstić information content (AvgIpc) is 2.69. The van der Waals surface area contributed by atoms with E-state index < -0.39 is 0 Å². The zero-order valence-corrected chi connectivity index (χ0v) is 10.2. The smallest absolute Gasteiger partial charge is 0.339 e. The van der Waals surface area contributed by atoms with Crippen LogP contribution in [0.1, 0.15) is 21.6 Å². The fourth-order valence-corrected chi connectivity index (χ4v) is 1.84. The number of para-hydroxylation sites is 1. The first-order valence-electron chi connectivity index (χ1n) is 5.47. The first-order chi connectivity index (χ1) is 8.15. The molecule has 0 unspecified atom stereocenters. The first-order valence-corrected chi connectivity index (χ1v) is 5.47. The van der Waals surface area contributed by atoms with Crippen molar-refractivity contribution < 1.29 is 9.53 Å². The number of hydrogen-bond acceptors (Lipinski definition) is 2. The quantitative estimate of drug-likeness (QED) is 0.741. The van der Waals surface area contributed by atoms with Gasteiger partial charge in [-0.25, -0.2) is 4.79 Å². The maximum atomic E-state index is 11.7. The lowest BCUT2D eigenvalue weighted by molar-refractivity contribution is 0.0601. The monoisotopic (exact) mass is 229 g/mol. The summed E-state index contributed by atoms with van der Waals surface area (Å²) >= 11 is 0. The molecule has 3 heteroatoms. The minimum absolute atomic E-state index is 0.314. The van der Waals surface area contributed by atoms with Crippen molar-refractivity contribution in [1.29, 1.82) is 0 Å². The molecule has 0 N–H and O–H groups in total. The number of esters is 1. The Bertz CT molecular complexity index is 555. The van der Waals surface area contributed by atoms with Gasteiger partial charge in [-0.15, -0.1) is 0 Å². The number of ether oxygens (including phenoxy) is 1. The van der Waals surface area contributed by atoms with Gasteiger partial charge in [-0.2, -0.15) is 0 Å². The van der Waals surface area contributed by atoms with Gasteiger partial charge in [0.25, 0.3) is 0 Å². The van der Waals surface area contributed by atoms with Crippen molar-refractivity contribution in [3.05, 3.63) is 53.3 Å². The van der Waals surface area contributed by atoms with Crippen molar-refractivity contribution in [3.8, 4) is 5.69 Å². The van der Waals surface area contributed by atoms with Crippen molar-refractivity contribution in [2.75, 3.05) is 7.11 Å². The minimum Gasteiger partial charge on any atom is -0.465 e. The Morgan fingerprint density at radius 3 is 2.47 bits per heavy atom. The number of carbonyl (C=O) groups is 1. The van der Waals surface area contributed by atoms with E-state index in [1.54, 1.807) is 6.07 Å². The van der Waals surface area contributed by atoms with E-state index in [1.165, 1.54) is 12.7 Å². The van der Waals surface area contributed by atoms with Gasteiger partial charge in [0.2, 0.25) is 0 Å². The van der Waals surface area contributed by atoms with Gasteiger partial charge in [0.1, 0.15) is 0 Å². The molecule has 0 aliphatic carbocycles. The molecule has 0 radical (unpaired) electrons. The van der Waals surface area contributed by atoms with Gasteiger partial charge in [0.05, 0.1) is 18.4 Å². The van der Waals surface area contributed by atoms with Crippen LogP contribution >= 0.6 is 0 Å². The van der Waals surface area contributed by atoms with Crippen LogP contribution in [0, 0.1) is 13.8 Å². The summed E-state index contributed by atoms with van der Waals surface area (Å²) in [7, 11) is 1.40. The SMILES string of the molecule is COC(=O)c1ccccc1-n1ccc(C)c1C. The van der Waals surface area contributed by atoms with Gasteiger partial charge in [-0.3, -0.25) is 0 Å². The van der Waals surface area contributed by atoms with E-state index in [9.17, 15) is 4.79 Å². The Balaban J connectivity index is 2.60. The van der Waals surface area contributed by atoms with E-state index in [1.807, 2.05) is 48.9 Å². The van der Waals surface area contributed by atoms with E-state index in [0.29, 0.717) is 5.56 Å². The molecule has 2 rings (SSSR count). The Morgan fingerprint density at radius 2 is 1.88 bits per heavy atom. The lowest BCUT2D eigenvalue weighted by Crippen LogP contribution is -2.08. The Kier molecular flexibility index (Phi) is 3.00. The fraction of sp³-hybridized carbons (Fsp3) is 0.214. The second-order valence-corrected chi connectivity index (χ2v) is 3.96. The molecule has 1 aromatic carbocycles. The van der Waals surface area contributed by atoms with Crippen LogP contribution in [-0.4, -0.2) is 17.6 Å². The molecular formula is C14H15NO2. The Hall–Kier alpha value is -2.03. The highest BCUT2D eigenvalue weighted by Crippen LogP contribution is 2.20. The molecule has 0 aliphatic heterocycles. The van der Waals surface area contributed by atoms with Crippen molar-refractivity contribution in [2.24, 2.45) is 0 Å². The van der Waals surface area contributed by atoms with E-state index >= 15 is 0 Å². The predicted octanol–water partition coefficient (Wildman–Crippen LogP) is 2.88. The first kappa shape index (κ1) is 11.5. The van der Waals surface area contributed by atoms with E-state index in [0.717, 1.165) is 11.4 Å². The fourth-order valence-electron chi connectivity index (χ4n) is 1.84. The molecule has 1 aromatic heterocycles. The topological polar surface area (TPSA) is 31.2 Å². The van der Waals surface area contributed by atoms with Crippen LogP contribution in [-0.2, 0) is 4.74 Å². The number of hydrogen-bond donors (Lipinski definition) is 0.